The Bertz CT molecular complexity index is 563. The van der Waals surface area contributed by atoms with Crippen LogP contribution in [0, 0.1) is 12.8 Å². The maximum absolute atomic E-state index is 5.38. The van der Waals surface area contributed by atoms with Crippen LogP contribution in [0.2, 0.25) is 0 Å². The van der Waals surface area contributed by atoms with E-state index in [-0.39, 0.29) is 0 Å². The van der Waals surface area contributed by atoms with Gasteiger partial charge in [0.25, 0.3) is 0 Å². The van der Waals surface area contributed by atoms with Gasteiger partial charge in [-0.2, -0.15) is 4.98 Å². The molecule has 1 N–H and O–H groups in total. The van der Waals surface area contributed by atoms with Crippen LogP contribution in [0.25, 0.3) is 0 Å². The molecule has 4 nitrogen and oxygen atoms in total. The number of hydrogen-bond acceptors (Lipinski definition) is 4. The average molecular weight is 287 g/mol. The van der Waals surface area contributed by atoms with E-state index in [0.29, 0.717) is 12.0 Å². The number of nitrogens with one attached hydrogen (secondary N) is 1. The first-order chi connectivity index (χ1) is 10.1. The van der Waals surface area contributed by atoms with E-state index in [1.807, 2.05) is 7.05 Å². The van der Waals surface area contributed by atoms with Gasteiger partial charge in [0.15, 0.2) is 5.82 Å². The molecule has 21 heavy (non-hydrogen) atoms. The highest BCUT2D eigenvalue weighted by Gasteiger charge is 2.14. The third-order valence-electron chi connectivity index (χ3n) is 3.54. The van der Waals surface area contributed by atoms with Crippen molar-refractivity contribution in [2.75, 3.05) is 7.05 Å². The van der Waals surface area contributed by atoms with E-state index in [2.05, 4.69) is 60.5 Å². The predicted molar refractivity (Wildman–Crippen MR) is 84.3 cm³/mol. The third-order valence-corrected chi connectivity index (χ3v) is 3.54. The SMILES string of the molecule is CNC(Cc1nc(Cc2cccc(C)c2)no1)CC(C)C. The largest absolute Gasteiger partial charge is 0.339 e. The molecule has 0 amide bonds. The zero-order valence-electron chi connectivity index (χ0n) is 13.4. The molecule has 1 unspecified atom stereocenters. The number of aryl methyl sites for hydroxylation is 1. The standard InChI is InChI=1S/C17H25N3O/c1-12(2)8-15(18-4)11-17-19-16(20-21-17)10-14-7-5-6-13(3)9-14/h5-7,9,12,15,18H,8,10-11H2,1-4H3. The van der Waals surface area contributed by atoms with Gasteiger partial charge in [-0.05, 0) is 31.9 Å². The molecular formula is C17H25N3O. The maximum Gasteiger partial charge on any atom is 0.228 e. The lowest BCUT2D eigenvalue weighted by Crippen LogP contribution is -2.29. The summed E-state index contributed by atoms with van der Waals surface area (Å²) in [7, 11) is 1.98. The molecule has 1 atom stereocenters. The second-order valence-corrected chi connectivity index (χ2v) is 6.09. The summed E-state index contributed by atoms with van der Waals surface area (Å²) in [5, 5.41) is 7.41. The minimum Gasteiger partial charge on any atom is -0.339 e. The number of hydrogen-bond donors (Lipinski definition) is 1. The summed E-state index contributed by atoms with van der Waals surface area (Å²) >= 11 is 0. The van der Waals surface area contributed by atoms with Crippen molar-refractivity contribution in [1.29, 1.82) is 0 Å². The van der Waals surface area contributed by atoms with Crippen LogP contribution in [0.1, 0.15) is 43.1 Å². The van der Waals surface area contributed by atoms with E-state index < -0.39 is 0 Å². The van der Waals surface area contributed by atoms with Gasteiger partial charge in [0.1, 0.15) is 0 Å². The van der Waals surface area contributed by atoms with Gasteiger partial charge in [0, 0.05) is 18.9 Å². The van der Waals surface area contributed by atoms with E-state index in [1.165, 1.54) is 11.1 Å². The number of benzene rings is 1. The van der Waals surface area contributed by atoms with Crippen LogP contribution in [0.15, 0.2) is 28.8 Å². The van der Waals surface area contributed by atoms with Crippen LogP contribution < -0.4 is 5.32 Å². The lowest BCUT2D eigenvalue weighted by molar-refractivity contribution is 0.342. The quantitative estimate of drug-likeness (QED) is 0.850. The molecule has 0 bridgehead atoms. The van der Waals surface area contributed by atoms with Crippen molar-refractivity contribution < 1.29 is 4.52 Å². The molecule has 4 heteroatoms. The zero-order valence-corrected chi connectivity index (χ0v) is 13.4. The Morgan fingerprint density at radius 1 is 1.29 bits per heavy atom. The van der Waals surface area contributed by atoms with Gasteiger partial charge in [-0.3, -0.25) is 0 Å². The van der Waals surface area contributed by atoms with Crippen LogP contribution >= 0.6 is 0 Å². The first-order valence-electron chi connectivity index (χ1n) is 7.61. The lowest BCUT2D eigenvalue weighted by atomic mass is 10.0. The Morgan fingerprint density at radius 2 is 2.10 bits per heavy atom. The highest BCUT2D eigenvalue weighted by atomic mass is 16.5. The van der Waals surface area contributed by atoms with Crippen molar-refractivity contribution in [2.24, 2.45) is 5.92 Å². The van der Waals surface area contributed by atoms with Gasteiger partial charge in [0.05, 0.1) is 0 Å². The second kappa shape index (κ2) is 7.36. The molecular weight excluding hydrogens is 262 g/mol. The fraction of sp³-hybridized carbons (Fsp3) is 0.529. The molecule has 0 spiro atoms. The molecule has 0 radical (unpaired) electrons. The number of likely N-dealkylation sites (N-methyl/N-ethyl adjacent to an activating group) is 1. The van der Waals surface area contributed by atoms with E-state index in [4.69, 9.17) is 4.52 Å². The van der Waals surface area contributed by atoms with E-state index in [1.54, 1.807) is 0 Å². The summed E-state index contributed by atoms with van der Waals surface area (Å²) in [6.45, 7) is 6.54. The van der Waals surface area contributed by atoms with Crippen molar-refractivity contribution in [2.45, 2.75) is 46.1 Å². The maximum atomic E-state index is 5.38. The van der Waals surface area contributed by atoms with Crippen LogP contribution in [0.4, 0.5) is 0 Å². The predicted octanol–water partition coefficient (Wildman–Crippen LogP) is 3.15. The molecule has 0 saturated heterocycles. The second-order valence-electron chi connectivity index (χ2n) is 6.09. The molecule has 0 saturated carbocycles. The minimum absolute atomic E-state index is 0.386. The summed E-state index contributed by atoms with van der Waals surface area (Å²) in [6, 6.07) is 8.79. The summed E-state index contributed by atoms with van der Waals surface area (Å²) in [5.74, 6) is 2.13. The lowest BCUT2D eigenvalue weighted by Gasteiger charge is -2.15. The van der Waals surface area contributed by atoms with Crippen LogP contribution in [-0.2, 0) is 12.8 Å². The van der Waals surface area contributed by atoms with Gasteiger partial charge >= 0.3 is 0 Å². The Labute approximate surface area is 127 Å². The molecule has 0 aliphatic heterocycles. The monoisotopic (exact) mass is 287 g/mol. The highest BCUT2D eigenvalue weighted by molar-refractivity contribution is 5.24. The summed E-state index contributed by atoms with van der Waals surface area (Å²) in [5.41, 5.74) is 2.47. The van der Waals surface area contributed by atoms with E-state index in [0.717, 1.165) is 31.0 Å². The molecule has 114 valence electrons. The Kier molecular flexibility index (Phi) is 5.51. The zero-order chi connectivity index (χ0) is 15.2. The molecule has 1 aromatic carbocycles. The minimum atomic E-state index is 0.386. The van der Waals surface area contributed by atoms with Crippen molar-refractivity contribution in [3.63, 3.8) is 0 Å². The number of rotatable bonds is 7. The van der Waals surface area contributed by atoms with Gasteiger partial charge in [-0.1, -0.05) is 48.8 Å². The van der Waals surface area contributed by atoms with Crippen molar-refractivity contribution in [1.82, 2.24) is 15.5 Å². The average Bonchev–Trinajstić information content (AvgIpc) is 2.84. The molecule has 0 aliphatic carbocycles. The van der Waals surface area contributed by atoms with E-state index >= 15 is 0 Å². The highest BCUT2D eigenvalue weighted by Crippen LogP contribution is 2.12. The van der Waals surface area contributed by atoms with Crippen LogP contribution in [0.5, 0.6) is 0 Å². The van der Waals surface area contributed by atoms with Crippen LogP contribution in [0.3, 0.4) is 0 Å². The molecule has 1 aromatic heterocycles. The van der Waals surface area contributed by atoms with Crippen molar-refractivity contribution in [3.8, 4) is 0 Å². The molecule has 2 aromatic rings. The van der Waals surface area contributed by atoms with Crippen molar-refractivity contribution in [3.05, 3.63) is 47.1 Å². The molecule has 1 heterocycles. The summed E-state index contributed by atoms with van der Waals surface area (Å²) < 4.78 is 5.38. The van der Waals surface area contributed by atoms with Gasteiger partial charge in [-0.15, -0.1) is 0 Å². The Balaban J connectivity index is 1.97. The first kappa shape index (κ1) is 15.7. The fourth-order valence-corrected chi connectivity index (χ4v) is 2.53. The molecule has 0 aliphatic rings. The number of nitrogens with zero attached hydrogens (tertiary/aromatic N) is 2. The fourth-order valence-electron chi connectivity index (χ4n) is 2.53. The number of aromatic nitrogens is 2. The topological polar surface area (TPSA) is 51.0 Å². The normalized spacial score (nSPS) is 12.8. The summed E-state index contributed by atoms with van der Waals surface area (Å²) in [6.07, 6.45) is 2.61. The van der Waals surface area contributed by atoms with Gasteiger partial charge in [-0.25, -0.2) is 0 Å². The molecule has 0 fully saturated rings. The Hall–Kier alpha value is -1.68. The van der Waals surface area contributed by atoms with Gasteiger partial charge in [0.2, 0.25) is 5.89 Å². The first-order valence-corrected chi connectivity index (χ1v) is 7.61. The summed E-state index contributed by atoms with van der Waals surface area (Å²) in [4.78, 5) is 4.51. The van der Waals surface area contributed by atoms with Gasteiger partial charge < -0.3 is 9.84 Å². The van der Waals surface area contributed by atoms with Crippen molar-refractivity contribution >= 4 is 0 Å². The Morgan fingerprint density at radius 3 is 2.76 bits per heavy atom. The van der Waals surface area contributed by atoms with Crippen LogP contribution in [-0.4, -0.2) is 23.2 Å². The third kappa shape index (κ3) is 4.97. The molecule has 2 rings (SSSR count). The van der Waals surface area contributed by atoms with E-state index in [9.17, 15) is 0 Å². The smallest absolute Gasteiger partial charge is 0.228 e.